The van der Waals surface area contributed by atoms with Gasteiger partial charge in [-0.05, 0) is 30.9 Å². The minimum absolute atomic E-state index is 0.0476. The molecular formula is C12H14FNO3. The molecule has 0 amide bonds. The van der Waals surface area contributed by atoms with Crippen molar-refractivity contribution in [2.24, 2.45) is 11.7 Å². The zero-order valence-corrected chi connectivity index (χ0v) is 9.23. The van der Waals surface area contributed by atoms with E-state index in [1.165, 1.54) is 18.2 Å². The first-order chi connectivity index (χ1) is 8.02. The summed E-state index contributed by atoms with van der Waals surface area (Å²) in [6.07, 6.45) is 1.60. The Morgan fingerprint density at radius 1 is 1.59 bits per heavy atom. The molecule has 0 bridgehead atoms. The lowest BCUT2D eigenvalue weighted by atomic mass is 9.96. The number of ether oxygens (including phenoxy) is 1. The first kappa shape index (κ1) is 11.9. The van der Waals surface area contributed by atoms with E-state index in [1.807, 2.05) is 0 Å². The smallest absolute Gasteiger partial charge is 0.327 e. The van der Waals surface area contributed by atoms with Gasteiger partial charge >= 0.3 is 5.97 Å². The summed E-state index contributed by atoms with van der Waals surface area (Å²) in [6.45, 7) is -0.142. The Hall–Kier alpha value is -1.62. The van der Waals surface area contributed by atoms with Crippen LogP contribution in [0, 0.1) is 11.7 Å². The van der Waals surface area contributed by atoms with Crippen molar-refractivity contribution in [1.82, 2.24) is 0 Å². The number of rotatable bonds is 5. The number of benzene rings is 1. The lowest BCUT2D eigenvalue weighted by Crippen LogP contribution is -2.54. The quantitative estimate of drug-likeness (QED) is 0.814. The molecule has 1 unspecified atom stereocenters. The number of carboxylic acid groups (broad SMARTS) is 1. The van der Waals surface area contributed by atoms with Crippen molar-refractivity contribution in [3.8, 4) is 5.75 Å². The third kappa shape index (κ3) is 2.55. The van der Waals surface area contributed by atoms with Crippen LogP contribution in [0.5, 0.6) is 5.75 Å². The summed E-state index contributed by atoms with van der Waals surface area (Å²) in [5.74, 6) is -1.25. The number of hydrogen-bond donors (Lipinski definition) is 2. The van der Waals surface area contributed by atoms with Gasteiger partial charge in [0.05, 0.1) is 0 Å². The molecule has 0 aliphatic heterocycles. The van der Waals surface area contributed by atoms with Crippen LogP contribution in [0.15, 0.2) is 24.3 Å². The number of halogens is 1. The fraction of sp³-hybridized carbons (Fsp3) is 0.417. The Balaban J connectivity index is 2.03. The molecule has 1 aliphatic carbocycles. The number of nitrogens with two attached hydrogens (primary N) is 1. The van der Waals surface area contributed by atoms with E-state index in [2.05, 4.69) is 0 Å². The van der Waals surface area contributed by atoms with Crippen LogP contribution >= 0.6 is 0 Å². The van der Waals surface area contributed by atoms with Crippen molar-refractivity contribution in [3.05, 3.63) is 30.1 Å². The molecule has 5 heteroatoms. The van der Waals surface area contributed by atoms with E-state index in [1.54, 1.807) is 6.07 Å². The normalized spacial score (nSPS) is 18.5. The van der Waals surface area contributed by atoms with Crippen molar-refractivity contribution in [3.63, 3.8) is 0 Å². The number of hydrogen-bond acceptors (Lipinski definition) is 3. The molecular weight excluding hydrogens is 225 g/mol. The fourth-order valence-electron chi connectivity index (χ4n) is 1.71. The van der Waals surface area contributed by atoms with Gasteiger partial charge in [-0.15, -0.1) is 0 Å². The van der Waals surface area contributed by atoms with Crippen molar-refractivity contribution < 1.29 is 19.0 Å². The van der Waals surface area contributed by atoms with Gasteiger partial charge < -0.3 is 15.6 Å². The molecule has 1 aromatic rings. The van der Waals surface area contributed by atoms with E-state index >= 15 is 0 Å². The number of aliphatic carboxylic acids is 1. The Labute approximate surface area is 98.2 Å². The van der Waals surface area contributed by atoms with Gasteiger partial charge in [0.25, 0.3) is 0 Å². The molecule has 1 saturated carbocycles. The second-order valence-electron chi connectivity index (χ2n) is 4.37. The van der Waals surface area contributed by atoms with E-state index in [9.17, 15) is 9.18 Å². The van der Waals surface area contributed by atoms with Gasteiger partial charge in [-0.25, -0.2) is 4.39 Å². The summed E-state index contributed by atoms with van der Waals surface area (Å²) in [7, 11) is 0. The number of carbonyl (C=O) groups is 1. The van der Waals surface area contributed by atoms with Crippen LogP contribution < -0.4 is 10.5 Å². The molecule has 0 radical (unpaired) electrons. The van der Waals surface area contributed by atoms with Gasteiger partial charge in [0, 0.05) is 6.07 Å². The molecule has 4 nitrogen and oxygen atoms in total. The monoisotopic (exact) mass is 239 g/mol. The van der Waals surface area contributed by atoms with E-state index < -0.39 is 17.3 Å². The summed E-state index contributed by atoms with van der Waals surface area (Å²) in [4.78, 5) is 11.1. The van der Waals surface area contributed by atoms with Gasteiger partial charge in [-0.3, -0.25) is 4.79 Å². The predicted octanol–water partition coefficient (Wildman–Crippen LogP) is 1.40. The Morgan fingerprint density at radius 3 is 2.82 bits per heavy atom. The van der Waals surface area contributed by atoms with E-state index in [-0.39, 0.29) is 12.5 Å². The average molecular weight is 239 g/mol. The molecule has 1 aliphatic rings. The second kappa shape index (κ2) is 4.33. The lowest BCUT2D eigenvalue weighted by molar-refractivity contribution is -0.145. The maximum atomic E-state index is 12.9. The molecule has 3 N–H and O–H groups in total. The molecule has 0 aromatic heterocycles. The Morgan fingerprint density at radius 2 is 2.29 bits per heavy atom. The zero-order chi connectivity index (χ0) is 12.5. The van der Waals surface area contributed by atoms with Crippen LogP contribution in [0.3, 0.4) is 0 Å². The summed E-state index contributed by atoms with van der Waals surface area (Å²) in [5, 5.41) is 9.10. The summed E-state index contributed by atoms with van der Waals surface area (Å²) in [5.41, 5.74) is 4.44. The second-order valence-corrected chi connectivity index (χ2v) is 4.37. The third-order valence-electron chi connectivity index (χ3n) is 2.98. The minimum Gasteiger partial charge on any atom is -0.491 e. The minimum atomic E-state index is -1.37. The standard InChI is InChI=1S/C12H14FNO3/c13-9-2-1-3-10(6-9)17-7-12(14,11(15)16)8-4-5-8/h1-3,6,8H,4-5,7,14H2,(H,15,16). The molecule has 2 rings (SSSR count). The van der Waals surface area contributed by atoms with Crippen LogP contribution in [-0.4, -0.2) is 23.2 Å². The zero-order valence-electron chi connectivity index (χ0n) is 9.23. The topological polar surface area (TPSA) is 72.5 Å². The molecule has 17 heavy (non-hydrogen) atoms. The van der Waals surface area contributed by atoms with Crippen LogP contribution in [0.1, 0.15) is 12.8 Å². The summed E-state index contributed by atoms with van der Waals surface area (Å²) in [6, 6.07) is 5.56. The molecule has 1 aromatic carbocycles. The van der Waals surface area contributed by atoms with Crippen molar-refractivity contribution in [1.29, 1.82) is 0 Å². The van der Waals surface area contributed by atoms with Gasteiger partial charge in [0.1, 0.15) is 18.2 Å². The first-order valence-corrected chi connectivity index (χ1v) is 5.43. The van der Waals surface area contributed by atoms with Crippen LogP contribution in [0.4, 0.5) is 4.39 Å². The van der Waals surface area contributed by atoms with Crippen LogP contribution in [0.2, 0.25) is 0 Å². The SMILES string of the molecule is NC(COc1cccc(F)c1)(C(=O)O)C1CC1. The van der Waals surface area contributed by atoms with E-state index in [0.717, 1.165) is 12.8 Å². The first-order valence-electron chi connectivity index (χ1n) is 5.43. The molecule has 0 heterocycles. The van der Waals surface area contributed by atoms with E-state index in [4.69, 9.17) is 15.6 Å². The Bertz CT molecular complexity index is 434. The molecule has 1 atom stereocenters. The largest absolute Gasteiger partial charge is 0.491 e. The van der Waals surface area contributed by atoms with Gasteiger partial charge in [0.15, 0.2) is 5.54 Å². The van der Waals surface area contributed by atoms with Crippen LogP contribution in [-0.2, 0) is 4.79 Å². The highest BCUT2D eigenvalue weighted by Gasteiger charge is 2.49. The van der Waals surface area contributed by atoms with Gasteiger partial charge in [0.2, 0.25) is 0 Å². The van der Waals surface area contributed by atoms with Gasteiger partial charge in [-0.2, -0.15) is 0 Å². The van der Waals surface area contributed by atoms with Crippen molar-refractivity contribution >= 4 is 5.97 Å². The van der Waals surface area contributed by atoms with E-state index in [0.29, 0.717) is 5.75 Å². The lowest BCUT2D eigenvalue weighted by Gasteiger charge is -2.24. The van der Waals surface area contributed by atoms with Gasteiger partial charge in [-0.1, -0.05) is 6.07 Å². The molecule has 1 fully saturated rings. The number of carboxylic acids is 1. The predicted molar refractivity (Wildman–Crippen MR) is 59.2 cm³/mol. The highest BCUT2D eigenvalue weighted by molar-refractivity contribution is 5.79. The maximum Gasteiger partial charge on any atom is 0.327 e. The highest BCUT2D eigenvalue weighted by Crippen LogP contribution is 2.38. The fourth-order valence-corrected chi connectivity index (χ4v) is 1.71. The van der Waals surface area contributed by atoms with Crippen LogP contribution in [0.25, 0.3) is 0 Å². The average Bonchev–Trinajstić information content (AvgIpc) is 3.09. The Kier molecular flexibility index (Phi) is 3.02. The summed E-state index contributed by atoms with van der Waals surface area (Å²) < 4.78 is 18.2. The molecule has 0 spiro atoms. The van der Waals surface area contributed by atoms with Crippen molar-refractivity contribution in [2.75, 3.05) is 6.61 Å². The summed E-state index contributed by atoms with van der Waals surface area (Å²) >= 11 is 0. The highest BCUT2D eigenvalue weighted by atomic mass is 19.1. The molecule has 0 saturated heterocycles. The third-order valence-corrected chi connectivity index (χ3v) is 2.98. The molecule has 92 valence electrons. The maximum absolute atomic E-state index is 12.9. The van der Waals surface area contributed by atoms with Crippen molar-refractivity contribution in [2.45, 2.75) is 18.4 Å².